The molecule has 2 rings (SSSR count). The van der Waals surface area contributed by atoms with Gasteiger partial charge in [-0.15, -0.1) is 4.68 Å². The summed E-state index contributed by atoms with van der Waals surface area (Å²) in [6.45, 7) is 0. The highest BCUT2D eigenvalue weighted by Gasteiger charge is 2.15. The first-order chi connectivity index (χ1) is 6.68. The SMILES string of the molecule is Cn1cccc1-n1cnc([N+](=O)[O-])n1. The van der Waals surface area contributed by atoms with Crippen LogP contribution in [0.5, 0.6) is 0 Å². The van der Waals surface area contributed by atoms with Gasteiger partial charge in [-0.2, -0.15) is 0 Å². The lowest BCUT2D eigenvalue weighted by Gasteiger charge is -1.96. The first-order valence-corrected chi connectivity index (χ1v) is 3.86. The maximum absolute atomic E-state index is 10.3. The third-order valence-corrected chi connectivity index (χ3v) is 1.79. The summed E-state index contributed by atoms with van der Waals surface area (Å²) in [5.41, 5.74) is 0. The Morgan fingerprint density at radius 1 is 1.57 bits per heavy atom. The van der Waals surface area contributed by atoms with Crippen molar-refractivity contribution in [3.05, 3.63) is 34.8 Å². The van der Waals surface area contributed by atoms with E-state index in [4.69, 9.17) is 0 Å². The fraction of sp³-hybridized carbons (Fsp3) is 0.143. The Bertz CT molecular complexity index is 472. The molecule has 2 aromatic heterocycles. The zero-order valence-electron chi connectivity index (χ0n) is 7.36. The molecule has 0 unspecified atom stereocenters. The molecule has 0 aromatic carbocycles. The molecule has 14 heavy (non-hydrogen) atoms. The van der Waals surface area contributed by atoms with Gasteiger partial charge in [-0.05, 0) is 17.1 Å². The van der Waals surface area contributed by atoms with E-state index in [1.807, 2.05) is 19.3 Å². The van der Waals surface area contributed by atoms with Gasteiger partial charge in [0.1, 0.15) is 0 Å². The van der Waals surface area contributed by atoms with Crippen LogP contribution in [0.4, 0.5) is 5.95 Å². The van der Waals surface area contributed by atoms with Gasteiger partial charge in [0, 0.05) is 18.3 Å². The minimum absolute atomic E-state index is 0.397. The van der Waals surface area contributed by atoms with Crippen LogP contribution < -0.4 is 0 Å². The molecule has 2 heterocycles. The van der Waals surface area contributed by atoms with E-state index in [9.17, 15) is 10.1 Å². The number of aryl methyl sites for hydroxylation is 1. The number of nitrogens with zero attached hydrogens (tertiary/aromatic N) is 5. The van der Waals surface area contributed by atoms with Crippen LogP contribution in [0.2, 0.25) is 0 Å². The molecule has 0 aliphatic carbocycles. The van der Waals surface area contributed by atoms with Crippen LogP contribution in [0.3, 0.4) is 0 Å². The van der Waals surface area contributed by atoms with E-state index in [0.717, 1.165) is 5.82 Å². The molecule has 0 bridgehead atoms. The van der Waals surface area contributed by atoms with Gasteiger partial charge in [0.2, 0.25) is 6.33 Å². The standard InChI is InChI=1S/C7H7N5O2/c1-10-4-2-3-6(10)11-5-8-7(9-11)12(13)14/h2-5H,1H3. The smallest absolute Gasteiger partial charge is 0.390 e. The van der Waals surface area contributed by atoms with E-state index in [0.29, 0.717) is 0 Å². The molecule has 7 nitrogen and oxygen atoms in total. The van der Waals surface area contributed by atoms with Crippen molar-refractivity contribution in [1.82, 2.24) is 19.3 Å². The fourth-order valence-corrected chi connectivity index (χ4v) is 1.14. The normalized spacial score (nSPS) is 10.4. The van der Waals surface area contributed by atoms with Crippen LogP contribution in [-0.2, 0) is 7.05 Å². The van der Waals surface area contributed by atoms with Gasteiger partial charge in [-0.1, -0.05) is 4.98 Å². The molecule has 2 aromatic rings. The number of rotatable bonds is 2. The minimum atomic E-state index is -0.626. The molecule has 0 fully saturated rings. The average Bonchev–Trinajstić information content (AvgIpc) is 2.71. The molecule has 0 saturated carbocycles. The van der Waals surface area contributed by atoms with Crippen molar-refractivity contribution in [1.29, 1.82) is 0 Å². The van der Waals surface area contributed by atoms with E-state index in [1.54, 1.807) is 10.6 Å². The second kappa shape index (κ2) is 2.95. The van der Waals surface area contributed by atoms with Gasteiger partial charge in [-0.25, -0.2) is 0 Å². The highest BCUT2D eigenvalue weighted by Crippen LogP contribution is 2.08. The van der Waals surface area contributed by atoms with E-state index in [2.05, 4.69) is 10.1 Å². The summed E-state index contributed by atoms with van der Waals surface area (Å²) in [4.78, 5) is 13.3. The predicted molar refractivity (Wildman–Crippen MR) is 47.0 cm³/mol. The highest BCUT2D eigenvalue weighted by atomic mass is 16.6. The molecule has 0 amide bonds. The molecule has 0 N–H and O–H groups in total. The summed E-state index contributed by atoms with van der Waals surface area (Å²) in [5.74, 6) is 0.330. The maximum atomic E-state index is 10.3. The number of hydrogen-bond acceptors (Lipinski definition) is 4. The van der Waals surface area contributed by atoms with Crippen LogP contribution in [0, 0.1) is 10.1 Å². The lowest BCUT2D eigenvalue weighted by molar-refractivity contribution is -0.394. The first-order valence-electron chi connectivity index (χ1n) is 3.86. The number of aromatic nitrogens is 4. The van der Waals surface area contributed by atoms with E-state index >= 15 is 0 Å². The summed E-state index contributed by atoms with van der Waals surface area (Å²) < 4.78 is 3.15. The summed E-state index contributed by atoms with van der Waals surface area (Å²) in [6.07, 6.45) is 3.14. The molecule has 0 aliphatic heterocycles. The van der Waals surface area contributed by atoms with Crippen LogP contribution in [0.15, 0.2) is 24.7 Å². The second-order valence-corrected chi connectivity index (χ2v) is 2.72. The zero-order chi connectivity index (χ0) is 10.1. The van der Waals surface area contributed by atoms with Gasteiger partial charge >= 0.3 is 5.95 Å². The molecule has 0 atom stereocenters. The Labute approximate surface area is 78.8 Å². The van der Waals surface area contributed by atoms with Crippen molar-refractivity contribution in [2.24, 2.45) is 7.05 Å². The molecule has 0 radical (unpaired) electrons. The number of nitro groups is 1. The molecule has 0 saturated heterocycles. The maximum Gasteiger partial charge on any atom is 0.491 e. The summed E-state index contributed by atoms with van der Waals surface area (Å²) in [5, 5.41) is 14.0. The minimum Gasteiger partial charge on any atom is -0.390 e. The van der Waals surface area contributed by atoms with Crippen molar-refractivity contribution in [3.63, 3.8) is 0 Å². The summed E-state index contributed by atoms with van der Waals surface area (Å²) in [6, 6.07) is 3.61. The first kappa shape index (κ1) is 8.42. The third-order valence-electron chi connectivity index (χ3n) is 1.79. The number of hydrogen-bond donors (Lipinski definition) is 0. The molecule has 0 aliphatic rings. The summed E-state index contributed by atoms with van der Waals surface area (Å²) >= 11 is 0. The molecule has 72 valence electrons. The Balaban J connectivity index is 2.43. The van der Waals surface area contributed by atoms with Gasteiger partial charge in [-0.3, -0.25) is 0 Å². The van der Waals surface area contributed by atoms with Gasteiger partial charge in [0.15, 0.2) is 5.82 Å². The largest absolute Gasteiger partial charge is 0.491 e. The molecular weight excluding hydrogens is 186 g/mol. The second-order valence-electron chi connectivity index (χ2n) is 2.72. The van der Waals surface area contributed by atoms with Crippen LogP contribution >= 0.6 is 0 Å². The average molecular weight is 193 g/mol. The van der Waals surface area contributed by atoms with E-state index < -0.39 is 10.9 Å². The molecule has 0 spiro atoms. The van der Waals surface area contributed by atoms with Gasteiger partial charge in [0.05, 0.1) is 0 Å². The zero-order valence-corrected chi connectivity index (χ0v) is 7.36. The van der Waals surface area contributed by atoms with Crippen LogP contribution in [0.25, 0.3) is 5.82 Å². The lowest BCUT2D eigenvalue weighted by Crippen LogP contribution is -2.01. The third kappa shape index (κ3) is 1.24. The Kier molecular flexibility index (Phi) is 1.77. The Hall–Kier alpha value is -2.18. The van der Waals surface area contributed by atoms with E-state index in [-0.39, 0.29) is 0 Å². The monoisotopic (exact) mass is 193 g/mol. The highest BCUT2D eigenvalue weighted by molar-refractivity contribution is 5.23. The van der Waals surface area contributed by atoms with E-state index in [1.165, 1.54) is 11.0 Å². The van der Waals surface area contributed by atoms with Gasteiger partial charge in [0.25, 0.3) is 0 Å². The Morgan fingerprint density at radius 3 is 2.86 bits per heavy atom. The topological polar surface area (TPSA) is 78.8 Å². The lowest BCUT2D eigenvalue weighted by atomic mass is 10.6. The van der Waals surface area contributed by atoms with Crippen LogP contribution in [-0.4, -0.2) is 24.3 Å². The predicted octanol–water partition coefficient (Wildman–Crippen LogP) is 0.514. The molecular formula is C7H7N5O2. The quantitative estimate of drug-likeness (QED) is 0.514. The van der Waals surface area contributed by atoms with Crippen molar-refractivity contribution >= 4 is 5.95 Å². The molecule has 7 heteroatoms. The fourth-order valence-electron chi connectivity index (χ4n) is 1.14. The summed E-state index contributed by atoms with van der Waals surface area (Å²) in [7, 11) is 1.82. The van der Waals surface area contributed by atoms with Crippen molar-refractivity contribution < 1.29 is 4.92 Å². The van der Waals surface area contributed by atoms with Crippen molar-refractivity contribution in [3.8, 4) is 5.82 Å². The van der Waals surface area contributed by atoms with Gasteiger partial charge < -0.3 is 14.7 Å². The van der Waals surface area contributed by atoms with Crippen LogP contribution in [0.1, 0.15) is 0 Å². The van der Waals surface area contributed by atoms with Crippen molar-refractivity contribution in [2.45, 2.75) is 0 Å². The van der Waals surface area contributed by atoms with Crippen molar-refractivity contribution in [2.75, 3.05) is 0 Å². The Morgan fingerprint density at radius 2 is 2.36 bits per heavy atom.